The van der Waals surface area contributed by atoms with Crippen LogP contribution in [-0.2, 0) is 4.57 Å². The first kappa shape index (κ1) is 13.5. The van der Waals surface area contributed by atoms with Crippen molar-refractivity contribution in [3.63, 3.8) is 0 Å². The smallest absolute Gasteiger partial charge is 0.381 e. The summed E-state index contributed by atoms with van der Waals surface area (Å²) in [5, 5.41) is 3.86. The van der Waals surface area contributed by atoms with Crippen molar-refractivity contribution in [1.29, 1.82) is 0 Å². The lowest BCUT2D eigenvalue weighted by molar-refractivity contribution is 0.389. The Bertz CT molecular complexity index is 612. The number of rotatable bonds is 3. The molecule has 0 saturated heterocycles. The molecule has 0 aliphatic rings. The van der Waals surface area contributed by atoms with Crippen LogP contribution in [0, 0.1) is 6.92 Å². The van der Waals surface area contributed by atoms with Gasteiger partial charge in [-0.25, -0.2) is 14.5 Å². The van der Waals surface area contributed by atoms with Crippen molar-refractivity contribution in [1.82, 2.24) is 24.7 Å². The summed E-state index contributed by atoms with van der Waals surface area (Å²) in [6.45, 7) is -2.35. The molecule has 2 heterocycles. The average molecular weight is 352 g/mol. The predicted octanol–water partition coefficient (Wildman–Crippen LogP) is 1.54. The van der Waals surface area contributed by atoms with Gasteiger partial charge < -0.3 is 9.42 Å². The van der Waals surface area contributed by atoms with E-state index < -0.39 is 6.80 Å². The highest BCUT2D eigenvalue weighted by Crippen LogP contribution is 2.45. The third-order valence-corrected chi connectivity index (χ3v) is 2.80. The molecule has 1 N–H and O–H groups in total. The summed E-state index contributed by atoms with van der Waals surface area (Å²) in [6, 6.07) is -0.264. The normalized spacial score (nSPS) is 14.2. The van der Waals surface area contributed by atoms with E-state index in [1.54, 1.807) is 19.3 Å². The van der Waals surface area contributed by atoms with Crippen LogP contribution in [0.25, 0.3) is 5.95 Å². The van der Waals surface area contributed by atoms with Gasteiger partial charge in [-0.05, 0) is 35.1 Å². The van der Waals surface area contributed by atoms with Crippen LogP contribution < -0.4 is 4.52 Å². The van der Waals surface area contributed by atoms with Gasteiger partial charge in [0, 0.05) is 12.4 Å². The van der Waals surface area contributed by atoms with Crippen LogP contribution in [0.2, 0.25) is 0 Å². The van der Waals surface area contributed by atoms with Crippen LogP contribution in [-0.4, -0.2) is 29.6 Å². The number of nitrogens with zero attached hydrogens (tertiary/aromatic N) is 5. The van der Waals surface area contributed by atoms with E-state index in [9.17, 15) is 4.57 Å². The fraction of sp³-hybridized carbons (Fsp3) is 0.143. The molecule has 1 unspecified atom stereocenters. The summed E-state index contributed by atoms with van der Waals surface area (Å²) in [5.41, 5.74) is 0. The van der Waals surface area contributed by atoms with E-state index in [1.165, 1.54) is 4.68 Å². The molecule has 0 spiro atoms. The SMILES string of the molecule is Cc1nc(OP(=O)(O)S)nn1-c1ncc(Br)cn1. The molecule has 8 nitrogen and oxygen atoms in total. The highest BCUT2D eigenvalue weighted by atomic mass is 79.9. The molecule has 2 rings (SSSR count). The first-order valence-electron chi connectivity index (χ1n) is 4.52. The Labute approximate surface area is 115 Å². The van der Waals surface area contributed by atoms with Crippen LogP contribution in [0.4, 0.5) is 0 Å². The molecule has 2 aromatic heterocycles. The number of halogens is 1. The standard InChI is InChI=1S/C7H7BrN5O3PS/c1-4-11-7(16-17(14,15)18)12-13(4)6-9-2-5(8)3-10-6/h2-3H,1H3,(H2,14,15,18). The van der Waals surface area contributed by atoms with E-state index >= 15 is 0 Å². The van der Waals surface area contributed by atoms with Crippen LogP contribution in [0.15, 0.2) is 16.9 Å². The van der Waals surface area contributed by atoms with Crippen molar-refractivity contribution in [2.24, 2.45) is 0 Å². The zero-order valence-electron chi connectivity index (χ0n) is 8.93. The first-order valence-corrected chi connectivity index (χ1v) is 8.04. The summed E-state index contributed by atoms with van der Waals surface area (Å²) in [6.07, 6.45) is 3.08. The predicted molar refractivity (Wildman–Crippen MR) is 68.8 cm³/mol. The average Bonchev–Trinajstić information content (AvgIpc) is 2.58. The summed E-state index contributed by atoms with van der Waals surface area (Å²) in [5.74, 6) is 0.680. The van der Waals surface area contributed by atoms with E-state index in [0.717, 1.165) is 4.47 Å². The minimum Gasteiger partial charge on any atom is -0.381 e. The largest absolute Gasteiger partial charge is 0.436 e. The minimum absolute atomic E-state index is 0.264. The van der Waals surface area contributed by atoms with Crippen LogP contribution in [0.1, 0.15) is 5.82 Å². The topological polar surface area (TPSA) is 103 Å². The van der Waals surface area contributed by atoms with Crippen molar-refractivity contribution >= 4 is 35.0 Å². The molecule has 11 heteroatoms. The van der Waals surface area contributed by atoms with E-state index in [0.29, 0.717) is 5.82 Å². The Kier molecular flexibility index (Phi) is 3.71. The molecular weight excluding hydrogens is 345 g/mol. The zero-order valence-corrected chi connectivity index (χ0v) is 12.3. The Hall–Kier alpha value is -0.960. The highest BCUT2D eigenvalue weighted by Gasteiger charge is 2.19. The Morgan fingerprint density at radius 1 is 1.50 bits per heavy atom. The van der Waals surface area contributed by atoms with Gasteiger partial charge in [0.15, 0.2) is 0 Å². The lowest BCUT2D eigenvalue weighted by atomic mass is 10.6. The van der Waals surface area contributed by atoms with Crippen LogP contribution >= 0.6 is 35.0 Å². The fourth-order valence-corrected chi connectivity index (χ4v) is 1.83. The maximum atomic E-state index is 11.0. The zero-order chi connectivity index (χ0) is 13.3. The Morgan fingerprint density at radius 3 is 2.67 bits per heavy atom. The van der Waals surface area contributed by atoms with Crippen molar-refractivity contribution < 1.29 is 14.0 Å². The second-order valence-corrected chi connectivity index (χ2v) is 6.73. The molecule has 0 bridgehead atoms. The second kappa shape index (κ2) is 4.96. The molecule has 0 radical (unpaired) electrons. The van der Waals surface area contributed by atoms with Gasteiger partial charge in [-0.2, -0.15) is 9.67 Å². The summed E-state index contributed by atoms with van der Waals surface area (Å²) in [4.78, 5) is 20.8. The van der Waals surface area contributed by atoms with Gasteiger partial charge in [0.2, 0.25) is 0 Å². The summed E-state index contributed by atoms with van der Waals surface area (Å²) < 4.78 is 17.5. The highest BCUT2D eigenvalue weighted by molar-refractivity contribution is 9.10. The molecule has 0 saturated carbocycles. The van der Waals surface area contributed by atoms with Gasteiger partial charge in [0.25, 0.3) is 5.95 Å². The number of aryl methyl sites for hydroxylation is 1. The molecule has 0 aliphatic carbocycles. The van der Waals surface area contributed by atoms with Crippen molar-refractivity contribution in [3.05, 3.63) is 22.7 Å². The molecule has 0 amide bonds. The van der Waals surface area contributed by atoms with Crippen molar-refractivity contribution in [3.8, 4) is 12.0 Å². The molecule has 18 heavy (non-hydrogen) atoms. The Morgan fingerprint density at radius 2 is 2.11 bits per heavy atom. The third kappa shape index (κ3) is 3.29. The van der Waals surface area contributed by atoms with Crippen LogP contribution in [0.5, 0.6) is 6.01 Å². The number of thiol groups is 1. The molecule has 0 aliphatic heterocycles. The van der Waals surface area contributed by atoms with Gasteiger partial charge in [-0.1, -0.05) is 0 Å². The van der Waals surface area contributed by atoms with Gasteiger partial charge in [-0.15, -0.1) is 5.10 Å². The van der Waals surface area contributed by atoms with Crippen molar-refractivity contribution in [2.75, 3.05) is 0 Å². The minimum atomic E-state index is -3.99. The number of hydrogen-bond acceptors (Lipinski definition) is 6. The third-order valence-electron chi connectivity index (χ3n) is 1.75. The molecule has 1 atom stereocenters. The van der Waals surface area contributed by atoms with E-state index in [2.05, 4.69) is 52.8 Å². The van der Waals surface area contributed by atoms with E-state index in [1.807, 2.05) is 0 Å². The number of aromatic nitrogens is 5. The maximum absolute atomic E-state index is 11.0. The van der Waals surface area contributed by atoms with Gasteiger partial charge in [-0.3, -0.25) is 0 Å². The lowest BCUT2D eigenvalue weighted by Gasteiger charge is -2.01. The lowest BCUT2D eigenvalue weighted by Crippen LogP contribution is -2.04. The Balaban J connectivity index is 2.35. The summed E-state index contributed by atoms with van der Waals surface area (Å²) >= 11 is 6.58. The maximum Gasteiger partial charge on any atom is 0.436 e. The van der Waals surface area contributed by atoms with Crippen LogP contribution in [0.3, 0.4) is 0 Å². The monoisotopic (exact) mass is 351 g/mol. The quantitative estimate of drug-likeness (QED) is 0.638. The molecule has 0 aromatic carbocycles. The van der Waals surface area contributed by atoms with Crippen molar-refractivity contribution in [2.45, 2.75) is 6.92 Å². The fourth-order valence-electron chi connectivity index (χ4n) is 1.12. The van der Waals surface area contributed by atoms with E-state index in [4.69, 9.17) is 4.89 Å². The van der Waals surface area contributed by atoms with E-state index in [-0.39, 0.29) is 12.0 Å². The number of hydrogen-bond donors (Lipinski definition) is 2. The summed E-state index contributed by atoms with van der Waals surface area (Å²) in [7, 11) is 0. The molecule has 2 aromatic rings. The first-order chi connectivity index (χ1) is 8.35. The molecule has 96 valence electrons. The molecular formula is C7H7BrN5O3PS. The molecule has 0 fully saturated rings. The van der Waals surface area contributed by atoms with Gasteiger partial charge in [0.05, 0.1) is 4.47 Å². The van der Waals surface area contributed by atoms with Gasteiger partial charge >= 0.3 is 12.8 Å². The van der Waals surface area contributed by atoms with Gasteiger partial charge in [0.1, 0.15) is 5.82 Å². The second-order valence-electron chi connectivity index (χ2n) is 3.14.